The minimum absolute atomic E-state index is 0.133. The van der Waals surface area contributed by atoms with Gasteiger partial charge in [0.1, 0.15) is 12.9 Å². The molecular formula is C23H15N13. The van der Waals surface area contributed by atoms with Gasteiger partial charge >= 0.3 is 0 Å². The summed E-state index contributed by atoms with van der Waals surface area (Å²) in [6, 6.07) is 12.6. The van der Waals surface area contributed by atoms with Crippen molar-refractivity contribution in [1.29, 1.82) is 0 Å². The fourth-order valence-electron chi connectivity index (χ4n) is 3.82. The number of rotatable bonds is 5. The molecule has 5 aromatic heterocycles. The van der Waals surface area contributed by atoms with E-state index in [1.54, 1.807) is 47.5 Å². The third kappa shape index (κ3) is 3.64. The van der Waals surface area contributed by atoms with Crippen LogP contribution < -0.4 is 5.73 Å². The van der Waals surface area contributed by atoms with Crippen LogP contribution in [0, 0.1) is 6.57 Å². The van der Waals surface area contributed by atoms with Gasteiger partial charge in [-0.15, -0.1) is 10.2 Å². The molecule has 0 aliphatic rings. The van der Waals surface area contributed by atoms with Gasteiger partial charge in [0.2, 0.25) is 5.95 Å². The Bertz CT molecular complexity index is 1730. The van der Waals surface area contributed by atoms with Crippen LogP contribution in [0.2, 0.25) is 0 Å². The van der Waals surface area contributed by atoms with Crippen LogP contribution in [0.15, 0.2) is 67.4 Å². The number of fused-ring (bicyclic) bond motifs is 1. The number of pyridine rings is 1. The molecule has 5 heterocycles. The summed E-state index contributed by atoms with van der Waals surface area (Å²) in [6.07, 6.45) is 6.43. The second-order valence-electron chi connectivity index (χ2n) is 7.62. The van der Waals surface area contributed by atoms with Crippen molar-refractivity contribution in [2.24, 2.45) is 0 Å². The Morgan fingerprint density at radius 2 is 1.92 bits per heavy atom. The van der Waals surface area contributed by atoms with Crippen LogP contribution in [0.4, 0.5) is 11.6 Å². The zero-order chi connectivity index (χ0) is 24.5. The highest BCUT2D eigenvalue weighted by Crippen LogP contribution is 2.35. The minimum atomic E-state index is 0.133. The monoisotopic (exact) mass is 473 g/mol. The van der Waals surface area contributed by atoms with Crippen LogP contribution in [0.25, 0.3) is 44.4 Å². The van der Waals surface area contributed by atoms with E-state index in [9.17, 15) is 0 Å². The smallest absolute Gasteiger partial charge is 0.223 e. The second-order valence-corrected chi connectivity index (χ2v) is 7.62. The van der Waals surface area contributed by atoms with E-state index in [1.807, 2.05) is 18.2 Å². The summed E-state index contributed by atoms with van der Waals surface area (Å²) in [5.41, 5.74) is 10.4. The van der Waals surface area contributed by atoms with Crippen LogP contribution in [-0.4, -0.2) is 54.7 Å². The summed E-state index contributed by atoms with van der Waals surface area (Å²) >= 11 is 0. The van der Waals surface area contributed by atoms with E-state index in [-0.39, 0.29) is 12.5 Å². The standard InChI is InChI=1S/C23H15N13/c1-25-16-6-2-4-14(10-16)20-19(17-7-9-27-13-28-17)22-29-18(32-36(22)23(24)30-20)12-35-21(31-33-34-35)15-5-3-8-26-11-15/h2-11,13H,12H2,(H2,24,30). The van der Waals surface area contributed by atoms with Crippen LogP contribution in [-0.2, 0) is 6.54 Å². The summed E-state index contributed by atoms with van der Waals surface area (Å²) < 4.78 is 3.04. The van der Waals surface area contributed by atoms with E-state index in [4.69, 9.17) is 17.3 Å². The predicted octanol–water partition coefficient (Wildman–Crippen LogP) is 2.48. The molecule has 6 rings (SSSR count). The first-order valence-corrected chi connectivity index (χ1v) is 10.7. The van der Waals surface area contributed by atoms with E-state index in [1.165, 1.54) is 10.8 Å². The van der Waals surface area contributed by atoms with E-state index in [0.717, 1.165) is 5.56 Å². The summed E-state index contributed by atoms with van der Waals surface area (Å²) in [4.78, 5) is 25.5. The number of tetrazole rings is 1. The zero-order valence-electron chi connectivity index (χ0n) is 18.5. The summed E-state index contributed by atoms with van der Waals surface area (Å²) in [5, 5.41) is 16.6. The molecule has 0 aliphatic heterocycles. The molecule has 172 valence electrons. The molecule has 0 amide bonds. The summed E-state index contributed by atoms with van der Waals surface area (Å²) in [6.45, 7) is 7.57. The first-order valence-electron chi connectivity index (χ1n) is 10.7. The molecule has 0 saturated heterocycles. The number of nitrogen functional groups attached to an aromatic ring is 1. The molecular weight excluding hydrogens is 458 g/mol. The normalized spacial score (nSPS) is 11.0. The van der Waals surface area contributed by atoms with Crippen LogP contribution in [0.5, 0.6) is 0 Å². The van der Waals surface area contributed by atoms with E-state index < -0.39 is 0 Å². The maximum Gasteiger partial charge on any atom is 0.223 e. The fraction of sp³-hybridized carbons (Fsp3) is 0.0435. The Labute approximate surface area is 203 Å². The van der Waals surface area contributed by atoms with Crippen molar-refractivity contribution in [2.75, 3.05) is 5.73 Å². The molecule has 0 aliphatic carbocycles. The maximum atomic E-state index is 7.38. The van der Waals surface area contributed by atoms with Gasteiger partial charge in [0, 0.05) is 24.2 Å². The first kappa shape index (κ1) is 20.9. The van der Waals surface area contributed by atoms with Gasteiger partial charge in [0.25, 0.3) is 0 Å². The molecule has 0 radical (unpaired) electrons. The molecule has 36 heavy (non-hydrogen) atoms. The lowest BCUT2D eigenvalue weighted by atomic mass is 10.0. The zero-order valence-corrected chi connectivity index (χ0v) is 18.5. The van der Waals surface area contributed by atoms with E-state index in [0.29, 0.717) is 45.5 Å². The van der Waals surface area contributed by atoms with Crippen molar-refractivity contribution in [1.82, 2.24) is 54.7 Å². The number of nitrogens with zero attached hydrogens (tertiary/aromatic N) is 12. The van der Waals surface area contributed by atoms with Crippen LogP contribution in [0.3, 0.4) is 0 Å². The Kier molecular flexibility index (Phi) is 5.01. The van der Waals surface area contributed by atoms with Crippen molar-refractivity contribution >= 4 is 17.3 Å². The number of anilines is 1. The number of hydrogen-bond donors (Lipinski definition) is 1. The molecule has 2 N–H and O–H groups in total. The minimum Gasteiger partial charge on any atom is -0.368 e. The lowest BCUT2D eigenvalue weighted by Crippen LogP contribution is -2.07. The quantitative estimate of drug-likeness (QED) is 0.369. The highest BCUT2D eigenvalue weighted by molar-refractivity contribution is 5.89. The fourth-order valence-corrected chi connectivity index (χ4v) is 3.82. The van der Waals surface area contributed by atoms with Crippen molar-refractivity contribution in [3.63, 3.8) is 0 Å². The Balaban J connectivity index is 1.52. The molecule has 0 atom stereocenters. The highest BCUT2D eigenvalue weighted by Gasteiger charge is 2.22. The van der Waals surface area contributed by atoms with Gasteiger partial charge in [-0.1, -0.05) is 18.2 Å². The van der Waals surface area contributed by atoms with Crippen LogP contribution in [0.1, 0.15) is 5.82 Å². The Morgan fingerprint density at radius 1 is 1.00 bits per heavy atom. The molecule has 0 bridgehead atoms. The number of benzene rings is 1. The largest absolute Gasteiger partial charge is 0.368 e. The highest BCUT2D eigenvalue weighted by atomic mass is 15.5. The van der Waals surface area contributed by atoms with Gasteiger partial charge in [0.15, 0.2) is 23.0 Å². The lowest BCUT2D eigenvalue weighted by molar-refractivity contribution is 0.628. The van der Waals surface area contributed by atoms with Gasteiger partial charge in [-0.3, -0.25) is 4.98 Å². The molecule has 1 aromatic carbocycles. The van der Waals surface area contributed by atoms with Gasteiger partial charge in [0.05, 0.1) is 23.5 Å². The van der Waals surface area contributed by atoms with Gasteiger partial charge in [-0.25, -0.2) is 29.5 Å². The average molecular weight is 473 g/mol. The van der Waals surface area contributed by atoms with Crippen molar-refractivity contribution in [3.05, 3.63) is 84.6 Å². The average Bonchev–Trinajstić information content (AvgIpc) is 3.57. The number of hydrogen-bond acceptors (Lipinski definition) is 10. The molecule has 0 saturated carbocycles. The van der Waals surface area contributed by atoms with Gasteiger partial charge in [-0.05, 0) is 40.3 Å². The van der Waals surface area contributed by atoms with Crippen molar-refractivity contribution in [2.45, 2.75) is 6.54 Å². The van der Waals surface area contributed by atoms with Crippen molar-refractivity contribution < 1.29 is 0 Å². The van der Waals surface area contributed by atoms with Crippen molar-refractivity contribution in [3.8, 4) is 33.9 Å². The maximum absolute atomic E-state index is 7.38. The third-order valence-electron chi connectivity index (χ3n) is 5.38. The molecule has 13 nitrogen and oxygen atoms in total. The molecule has 13 heteroatoms. The third-order valence-corrected chi connectivity index (χ3v) is 5.38. The van der Waals surface area contributed by atoms with Gasteiger partial charge < -0.3 is 5.73 Å². The number of nitrogens with two attached hydrogens (primary N) is 1. The topological polar surface area (TPSA) is 156 Å². The van der Waals surface area contributed by atoms with Gasteiger partial charge in [-0.2, -0.15) is 4.52 Å². The summed E-state index contributed by atoms with van der Waals surface area (Å²) in [7, 11) is 0. The Hall–Kier alpha value is -5.64. The van der Waals surface area contributed by atoms with Crippen LogP contribution >= 0.6 is 0 Å². The predicted molar refractivity (Wildman–Crippen MR) is 128 cm³/mol. The lowest BCUT2D eigenvalue weighted by Gasteiger charge is -2.11. The molecule has 0 spiro atoms. The molecule has 6 aromatic rings. The molecule has 0 unspecified atom stereocenters. The van der Waals surface area contributed by atoms with E-state index >= 15 is 0 Å². The second kappa shape index (κ2) is 8.61. The summed E-state index contributed by atoms with van der Waals surface area (Å²) in [5.74, 6) is 1.08. The first-order chi connectivity index (χ1) is 17.7. The molecule has 0 fully saturated rings. The SMILES string of the molecule is [C-]#[N+]c1cccc(-c2nc(N)n3nc(Cn4nnnc4-c4cccnc4)nc3c2-c2ccncn2)c1. The Morgan fingerprint density at radius 3 is 2.72 bits per heavy atom. The number of aromatic nitrogens is 11. The van der Waals surface area contributed by atoms with E-state index in [2.05, 4.69) is 45.4 Å².